The van der Waals surface area contributed by atoms with Gasteiger partial charge in [-0.15, -0.1) is 0 Å². The maximum atomic E-state index is 13.3. The highest BCUT2D eigenvalue weighted by Gasteiger charge is 2.29. The monoisotopic (exact) mass is 486 g/mol. The number of sulfonamides is 2. The number of hydrogen-bond donors (Lipinski definition) is 1. The number of benzene rings is 3. The van der Waals surface area contributed by atoms with Gasteiger partial charge in [0.1, 0.15) is 13.2 Å². The third-order valence-corrected chi connectivity index (χ3v) is 8.78. The van der Waals surface area contributed by atoms with Gasteiger partial charge in [-0.05, 0) is 54.8 Å². The van der Waals surface area contributed by atoms with Crippen molar-refractivity contribution in [2.24, 2.45) is 0 Å². The number of nitrogens with one attached hydrogen (secondary N) is 1. The van der Waals surface area contributed by atoms with Crippen molar-refractivity contribution < 1.29 is 26.3 Å². The predicted molar refractivity (Wildman–Crippen MR) is 124 cm³/mol. The average molecular weight is 487 g/mol. The van der Waals surface area contributed by atoms with E-state index in [0.717, 1.165) is 5.56 Å². The van der Waals surface area contributed by atoms with E-state index in [2.05, 4.69) is 4.72 Å². The van der Waals surface area contributed by atoms with Crippen LogP contribution in [0.3, 0.4) is 0 Å². The van der Waals surface area contributed by atoms with Gasteiger partial charge in [-0.2, -0.15) is 0 Å². The van der Waals surface area contributed by atoms with Gasteiger partial charge in [0.05, 0.1) is 21.2 Å². The third-order valence-electron chi connectivity index (χ3n) is 5.57. The van der Waals surface area contributed by atoms with Crippen LogP contribution >= 0.6 is 0 Å². The van der Waals surface area contributed by atoms with Gasteiger partial charge in [0.2, 0.25) is 0 Å². The molecule has 0 aliphatic carbocycles. The summed E-state index contributed by atoms with van der Waals surface area (Å²) < 4.78 is 67.4. The van der Waals surface area contributed by atoms with Crippen molar-refractivity contribution in [1.29, 1.82) is 0 Å². The zero-order valence-corrected chi connectivity index (χ0v) is 19.2. The molecule has 0 saturated carbocycles. The maximum absolute atomic E-state index is 13.3. The van der Waals surface area contributed by atoms with Crippen molar-refractivity contribution in [3.63, 3.8) is 0 Å². The van der Waals surface area contributed by atoms with Gasteiger partial charge < -0.3 is 9.47 Å². The highest BCUT2D eigenvalue weighted by Crippen LogP contribution is 2.36. The standard InChI is InChI=1S/C23H22N2O6S2/c26-32(27,20-10-11-22-23(16-20)31-14-13-30-22)24-18-9-8-17-5-4-12-25(21(17)15-18)33(28,29)19-6-2-1-3-7-19/h1-3,6-11,15-16,24H,4-5,12-14H2. The molecule has 8 nitrogen and oxygen atoms in total. The summed E-state index contributed by atoms with van der Waals surface area (Å²) in [6.45, 7) is 1.08. The van der Waals surface area contributed by atoms with E-state index in [0.29, 0.717) is 49.8 Å². The van der Waals surface area contributed by atoms with Crippen LogP contribution in [0.25, 0.3) is 0 Å². The van der Waals surface area contributed by atoms with E-state index >= 15 is 0 Å². The average Bonchev–Trinajstić information content (AvgIpc) is 2.83. The van der Waals surface area contributed by atoms with Gasteiger partial charge in [0.25, 0.3) is 20.0 Å². The molecule has 0 bridgehead atoms. The van der Waals surface area contributed by atoms with Crippen LogP contribution in [0.15, 0.2) is 76.5 Å². The van der Waals surface area contributed by atoms with Crippen LogP contribution in [0, 0.1) is 0 Å². The van der Waals surface area contributed by atoms with Crippen molar-refractivity contribution in [2.45, 2.75) is 22.6 Å². The second-order valence-corrected chi connectivity index (χ2v) is 11.3. The zero-order chi connectivity index (χ0) is 23.1. The number of aryl methyl sites for hydroxylation is 1. The Balaban J connectivity index is 1.47. The minimum atomic E-state index is -3.93. The van der Waals surface area contributed by atoms with E-state index in [1.807, 2.05) is 0 Å². The predicted octanol–water partition coefficient (Wildman–Crippen LogP) is 3.40. The Hall–Kier alpha value is -3.24. The topological polar surface area (TPSA) is 102 Å². The van der Waals surface area contributed by atoms with Crippen LogP contribution in [0.2, 0.25) is 0 Å². The molecule has 3 aromatic carbocycles. The second-order valence-electron chi connectivity index (χ2n) is 7.75. The third kappa shape index (κ3) is 4.11. The van der Waals surface area contributed by atoms with Gasteiger partial charge in [-0.1, -0.05) is 24.3 Å². The fourth-order valence-electron chi connectivity index (χ4n) is 3.98. The van der Waals surface area contributed by atoms with Crippen molar-refractivity contribution in [3.8, 4) is 11.5 Å². The summed E-state index contributed by atoms with van der Waals surface area (Å²) in [6.07, 6.45) is 1.40. The lowest BCUT2D eigenvalue weighted by Gasteiger charge is -2.31. The highest BCUT2D eigenvalue weighted by molar-refractivity contribution is 7.93. The fraction of sp³-hybridized carbons (Fsp3) is 0.217. The Morgan fingerprint density at radius 2 is 1.55 bits per heavy atom. The lowest BCUT2D eigenvalue weighted by atomic mass is 10.0. The molecule has 0 radical (unpaired) electrons. The normalized spacial score (nSPS) is 15.6. The molecule has 5 rings (SSSR count). The molecule has 0 saturated heterocycles. The molecule has 2 heterocycles. The van der Waals surface area contributed by atoms with Gasteiger partial charge >= 0.3 is 0 Å². The molecule has 3 aromatic rings. The first-order valence-corrected chi connectivity index (χ1v) is 13.4. The molecular weight excluding hydrogens is 464 g/mol. The molecule has 1 N–H and O–H groups in total. The first-order valence-electron chi connectivity index (χ1n) is 10.5. The number of fused-ring (bicyclic) bond motifs is 2. The van der Waals surface area contributed by atoms with Crippen molar-refractivity contribution in [3.05, 3.63) is 72.3 Å². The van der Waals surface area contributed by atoms with Gasteiger partial charge in [0, 0.05) is 12.6 Å². The molecule has 172 valence electrons. The lowest BCUT2D eigenvalue weighted by Crippen LogP contribution is -2.35. The molecule has 2 aliphatic rings. The quantitative estimate of drug-likeness (QED) is 0.593. The van der Waals surface area contributed by atoms with E-state index in [4.69, 9.17) is 9.47 Å². The van der Waals surface area contributed by atoms with Crippen LogP contribution < -0.4 is 18.5 Å². The summed E-state index contributed by atoms with van der Waals surface area (Å²) in [5, 5.41) is 0. The summed E-state index contributed by atoms with van der Waals surface area (Å²) in [7, 11) is -7.70. The van der Waals surface area contributed by atoms with Gasteiger partial charge in [-0.3, -0.25) is 9.03 Å². The minimum Gasteiger partial charge on any atom is -0.486 e. The Kier molecular flexibility index (Phi) is 5.41. The van der Waals surface area contributed by atoms with Crippen LogP contribution in [0.4, 0.5) is 11.4 Å². The van der Waals surface area contributed by atoms with E-state index in [1.54, 1.807) is 54.6 Å². The van der Waals surface area contributed by atoms with E-state index in [9.17, 15) is 16.8 Å². The number of nitrogens with zero attached hydrogens (tertiary/aromatic N) is 1. The SMILES string of the molecule is O=S(=O)(Nc1ccc2c(c1)N(S(=O)(=O)c1ccccc1)CCC2)c1ccc2c(c1)OCCO2. The van der Waals surface area contributed by atoms with E-state index in [-0.39, 0.29) is 15.5 Å². The Bertz CT molecular complexity index is 1410. The van der Waals surface area contributed by atoms with Crippen molar-refractivity contribution >= 4 is 31.4 Å². The molecule has 10 heteroatoms. The molecule has 0 aromatic heterocycles. The first kappa shape index (κ1) is 21.6. The number of hydrogen-bond acceptors (Lipinski definition) is 6. The summed E-state index contributed by atoms with van der Waals surface area (Å²) in [4.78, 5) is 0.221. The smallest absolute Gasteiger partial charge is 0.264 e. The number of ether oxygens (including phenoxy) is 2. The van der Waals surface area contributed by atoms with Crippen LogP contribution in [0.5, 0.6) is 11.5 Å². The Morgan fingerprint density at radius 1 is 0.788 bits per heavy atom. The molecule has 0 fully saturated rings. The molecule has 33 heavy (non-hydrogen) atoms. The molecule has 2 aliphatic heterocycles. The van der Waals surface area contributed by atoms with E-state index in [1.165, 1.54) is 16.4 Å². The molecule has 0 atom stereocenters. The molecule has 0 amide bonds. The maximum Gasteiger partial charge on any atom is 0.264 e. The Labute approximate surface area is 192 Å². The number of rotatable bonds is 5. The summed E-state index contributed by atoms with van der Waals surface area (Å²) >= 11 is 0. The first-order chi connectivity index (χ1) is 15.8. The lowest BCUT2D eigenvalue weighted by molar-refractivity contribution is 0.171. The molecular formula is C23H22N2O6S2. The van der Waals surface area contributed by atoms with E-state index < -0.39 is 20.0 Å². The van der Waals surface area contributed by atoms with Crippen LogP contribution in [-0.4, -0.2) is 36.6 Å². The van der Waals surface area contributed by atoms with Gasteiger partial charge in [-0.25, -0.2) is 16.8 Å². The fourth-order valence-corrected chi connectivity index (χ4v) is 6.60. The van der Waals surface area contributed by atoms with Crippen LogP contribution in [0.1, 0.15) is 12.0 Å². The summed E-state index contributed by atoms with van der Waals surface area (Å²) in [5.74, 6) is 0.866. The number of anilines is 2. The molecule has 0 unspecified atom stereocenters. The highest BCUT2D eigenvalue weighted by atomic mass is 32.2. The summed E-state index contributed by atoms with van der Waals surface area (Å²) in [5.41, 5.74) is 1.61. The molecule has 0 spiro atoms. The van der Waals surface area contributed by atoms with Crippen LogP contribution in [-0.2, 0) is 26.5 Å². The largest absolute Gasteiger partial charge is 0.486 e. The zero-order valence-electron chi connectivity index (χ0n) is 17.6. The van der Waals surface area contributed by atoms with Gasteiger partial charge in [0.15, 0.2) is 11.5 Å². The second kappa shape index (κ2) is 8.27. The summed E-state index contributed by atoms with van der Waals surface area (Å²) in [6, 6.07) is 17.6. The Morgan fingerprint density at radius 3 is 2.33 bits per heavy atom. The van der Waals surface area contributed by atoms with Crippen molar-refractivity contribution in [1.82, 2.24) is 0 Å². The minimum absolute atomic E-state index is 0.0261. The van der Waals surface area contributed by atoms with Crippen molar-refractivity contribution in [2.75, 3.05) is 28.8 Å².